The minimum absolute atomic E-state index is 0.120. The molecule has 0 aromatic heterocycles. The third-order valence-electron chi connectivity index (χ3n) is 2.29. The van der Waals surface area contributed by atoms with Gasteiger partial charge in [-0.15, -0.1) is 0 Å². The van der Waals surface area contributed by atoms with E-state index in [1.54, 1.807) is 19.9 Å². The molecule has 8 nitrogen and oxygen atoms in total. The molecule has 0 radical (unpaired) electrons. The molecule has 0 fully saturated rings. The first-order valence-corrected chi connectivity index (χ1v) is 5.65. The van der Waals surface area contributed by atoms with Crippen LogP contribution in [0.3, 0.4) is 0 Å². The highest BCUT2D eigenvalue weighted by Gasteiger charge is 2.13. The number of ether oxygens (including phenoxy) is 1. The Kier molecular flexibility index (Phi) is 5.17. The van der Waals surface area contributed by atoms with E-state index in [1.807, 2.05) is 0 Å². The molecule has 1 aromatic rings. The molecule has 8 heteroatoms. The Labute approximate surface area is 114 Å². The van der Waals surface area contributed by atoms with E-state index < -0.39 is 16.6 Å². The molecule has 1 aromatic carbocycles. The van der Waals surface area contributed by atoms with Gasteiger partial charge < -0.3 is 4.74 Å². The van der Waals surface area contributed by atoms with E-state index >= 15 is 0 Å². The van der Waals surface area contributed by atoms with Gasteiger partial charge >= 0.3 is 5.97 Å². The zero-order chi connectivity index (χ0) is 15.1. The van der Waals surface area contributed by atoms with Gasteiger partial charge in [-0.1, -0.05) is 6.07 Å². The van der Waals surface area contributed by atoms with Gasteiger partial charge in [-0.2, -0.15) is 10.4 Å². The van der Waals surface area contributed by atoms with Gasteiger partial charge in [0.15, 0.2) is 0 Å². The van der Waals surface area contributed by atoms with Crippen LogP contribution in [0.25, 0.3) is 0 Å². The van der Waals surface area contributed by atoms with Crippen LogP contribution in [-0.2, 0) is 9.53 Å². The Morgan fingerprint density at radius 2 is 2.30 bits per heavy atom. The number of non-ortho nitro benzene ring substituents is 1. The second-order valence-electron chi connectivity index (χ2n) is 3.66. The van der Waals surface area contributed by atoms with Crippen molar-refractivity contribution in [1.82, 2.24) is 0 Å². The number of anilines is 1. The predicted molar refractivity (Wildman–Crippen MR) is 71.1 cm³/mol. The second-order valence-corrected chi connectivity index (χ2v) is 3.66. The molecule has 0 aliphatic carbocycles. The number of nitrogens with one attached hydrogen (secondary N) is 1. The van der Waals surface area contributed by atoms with E-state index in [0.29, 0.717) is 11.3 Å². The van der Waals surface area contributed by atoms with E-state index in [4.69, 9.17) is 5.26 Å². The van der Waals surface area contributed by atoms with Gasteiger partial charge in [-0.25, -0.2) is 4.79 Å². The summed E-state index contributed by atoms with van der Waals surface area (Å²) in [4.78, 5) is 21.4. The van der Waals surface area contributed by atoms with Crippen molar-refractivity contribution in [2.24, 2.45) is 5.10 Å². The number of nitrogens with zero attached hydrogens (tertiary/aromatic N) is 3. The van der Waals surface area contributed by atoms with Gasteiger partial charge in [0.1, 0.15) is 6.07 Å². The molecule has 0 bridgehead atoms. The van der Waals surface area contributed by atoms with Crippen LogP contribution in [0.15, 0.2) is 23.3 Å². The largest absolute Gasteiger partial charge is 0.461 e. The molecule has 0 heterocycles. The Balaban J connectivity index is 2.98. The summed E-state index contributed by atoms with van der Waals surface area (Å²) in [6.45, 7) is 3.43. The minimum Gasteiger partial charge on any atom is -0.461 e. The lowest BCUT2D eigenvalue weighted by Gasteiger charge is -2.05. The van der Waals surface area contributed by atoms with Crippen LogP contribution in [-0.4, -0.2) is 23.2 Å². The van der Waals surface area contributed by atoms with Gasteiger partial charge in [0.25, 0.3) is 5.69 Å². The summed E-state index contributed by atoms with van der Waals surface area (Å²) < 4.78 is 4.64. The summed E-state index contributed by atoms with van der Waals surface area (Å²) in [5, 5.41) is 23.1. The molecule has 0 saturated heterocycles. The molecule has 0 spiro atoms. The lowest BCUT2D eigenvalue weighted by molar-refractivity contribution is -0.384. The summed E-state index contributed by atoms with van der Waals surface area (Å²) >= 11 is 0. The predicted octanol–water partition coefficient (Wildman–Crippen LogP) is 1.76. The number of hydrogen-bond acceptors (Lipinski definition) is 7. The fraction of sp³-hybridized carbons (Fsp3) is 0.250. The molecule has 1 rings (SSSR count). The first kappa shape index (κ1) is 15.1. The number of nitro groups is 1. The highest BCUT2D eigenvalue weighted by atomic mass is 16.6. The molecule has 0 unspecified atom stereocenters. The zero-order valence-corrected chi connectivity index (χ0v) is 10.9. The Morgan fingerprint density at radius 3 is 2.85 bits per heavy atom. The lowest BCUT2D eigenvalue weighted by atomic mass is 10.2. The van der Waals surface area contributed by atoms with Crippen molar-refractivity contribution in [3.63, 3.8) is 0 Å². The number of hydrogen-bond donors (Lipinski definition) is 1. The Hall–Kier alpha value is -2.95. The fourth-order valence-electron chi connectivity index (χ4n) is 1.28. The van der Waals surface area contributed by atoms with E-state index in [9.17, 15) is 14.9 Å². The monoisotopic (exact) mass is 276 g/mol. The van der Waals surface area contributed by atoms with Gasteiger partial charge in [0.05, 0.1) is 17.2 Å². The van der Waals surface area contributed by atoms with Crippen LogP contribution >= 0.6 is 0 Å². The highest BCUT2D eigenvalue weighted by Crippen LogP contribution is 2.21. The van der Waals surface area contributed by atoms with Gasteiger partial charge in [-0.05, 0) is 19.4 Å². The number of aryl methyl sites for hydroxylation is 1. The second kappa shape index (κ2) is 6.84. The maximum atomic E-state index is 11.3. The number of esters is 1. The molecule has 0 saturated carbocycles. The molecular weight excluding hydrogens is 264 g/mol. The van der Waals surface area contributed by atoms with Crippen molar-refractivity contribution in [1.29, 1.82) is 5.26 Å². The van der Waals surface area contributed by atoms with E-state index in [0.717, 1.165) is 0 Å². The third kappa shape index (κ3) is 3.78. The van der Waals surface area contributed by atoms with Crippen molar-refractivity contribution in [2.45, 2.75) is 13.8 Å². The van der Waals surface area contributed by atoms with Crippen LogP contribution in [0.1, 0.15) is 12.5 Å². The standard InChI is InChI=1S/C12H12N4O4/c1-3-20-12(17)11(7-13)15-14-10-6-9(16(18)19)5-4-8(10)2/h4-6,14H,3H2,1-2H3. The van der Waals surface area contributed by atoms with Crippen molar-refractivity contribution in [2.75, 3.05) is 12.0 Å². The smallest absolute Gasteiger partial charge is 0.369 e. The number of carbonyl (C=O) groups is 1. The molecule has 1 N–H and O–H groups in total. The topological polar surface area (TPSA) is 118 Å². The number of nitro benzene ring substituents is 1. The molecular formula is C12H12N4O4. The lowest BCUT2D eigenvalue weighted by Crippen LogP contribution is -2.17. The molecule has 0 amide bonds. The van der Waals surface area contributed by atoms with Crippen LogP contribution in [0, 0.1) is 28.4 Å². The van der Waals surface area contributed by atoms with Crippen LogP contribution in [0.2, 0.25) is 0 Å². The van der Waals surface area contributed by atoms with Crippen molar-refractivity contribution in [3.05, 3.63) is 33.9 Å². The summed E-state index contributed by atoms with van der Waals surface area (Å²) in [7, 11) is 0. The summed E-state index contributed by atoms with van der Waals surface area (Å²) in [5.41, 5.74) is 2.89. The van der Waals surface area contributed by atoms with Gasteiger partial charge in [0, 0.05) is 12.1 Å². The normalized spacial score (nSPS) is 10.6. The van der Waals surface area contributed by atoms with Crippen molar-refractivity contribution >= 4 is 23.1 Å². The molecule has 0 atom stereocenters. The average Bonchev–Trinajstić information content (AvgIpc) is 2.41. The Morgan fingerprint density at radius 1 is 1.60 bits per heavy atom. The van der Waals surface area contributed by atoms with E-state index in [2.05, 4.69) is 15.3 Å². The third-order valence-corrected chi connectivity index (χ3v) is 2.29. The number of carbonyl (C=O) groups excluding carboxylic acids is 1. The van der Waals surface area contributed by atoms with Crippen LogP contribution in [0.5, 0.6) is 0 Å². The fourth-order valence-corrected chi connectivity index (χ4v) is 1.28. The Bertz CT molecular complexity index is 604. The quantitative estimate of drug-likeness (QED) is 0.379. The SMILES string of the molecule is CCOC(=O)C(C#N)=NNc1cc([N+](=O)[O-])ccc1C. The van der Waals surface area contributed by atoms with Crippen molar-refractivity contribution in [3.8, 4) is 6.07 Å². The number of nitriles is 1. The van der Waals surface area contributed by atoms with Crippen LogP contribution in [0.4, 0.5) is 11.4 Å². The maximum Gasteiger partial charge on any atom is 0.369 e. The van der Waals surface area contributed by atoms with Crippen molar-refractivity contribution < 1.29 is 14.5 Å². The highest BCUT2D eigenvalue weighted by molar-refractivity contribution is 6.43. The van der Waals surface area contributed by atoms with E-state index in [1.165, 1.54) is 18.2 Å². The number of benzene rings is 1. The zero-order valence-electron chi connectivity index (χ0n) is 10.9. The molecule has 0 aliphatic heterocycles. The first-order chi connectivity index (χ1) is 9.49. The average molecular weight is 276 g/mol. The maximum absolute atomic E-state index is 11.3. The summed E-state index contributed by atoms with van der Waals surface area (Å²) in [5.74, 6) is -0.856. The van der Waals surface area contributed by atoms with Crippen LogP contribution < -0.4 is 5.43 Å². The summed E-state index contributed by atoms with van der Waals surface area (Å²) in [6, 6.07) is 5.74. The molecule has 0 aliphatic rings. The number of hydrazone groups is 1. The first-order valence-electron chi connectivity index (χ1n) is 5.65. The van der Waals surface area contributed by atoms with Gasteiger partial charge in [0.2, 0.25) is 5.71 Å². The molecule has 20 heavy (non-hydrogen) atoms. The summed E-state index contributed by atoms with van der Waals surface area (Å²) in [6.07, 6.45) is 0. The van der Waals surface area contributed by atoms with E-state index in [-0.39, 0.29) is 12.3 Å². The minimum atomic E-state index is -0.856. The molecule has 104 valence electrons. The van der Waals surface area contributed by atoms with Gasteiger partial charge in [-0.3, -0.25) is 15.5 Å². The number of rotatable bonds is 5.